The summed E-state index contributed by atoms with van der Waals surface area (Å²) in [5.74, 6) is -1.81. The number of ether oxygens (including phenoxy) is 1. The Morgan fingerprint density at radius 1 is 1.03 bits per heavy atom. The van der Waals surface area contributed by atoms with Gasteiger partial charge < -0.3 is 10.1 Å². The number of nitrogens with one attached hydrogen (secondary N) is 1. The van der Waals surface area contributed by atoms with E-state index < -0.39 is 44.2 Å². The van der Waals surface area contributed by atoms with Gasteiger partial charge >= 0.3 is 0 Å². The Balaban J connectivity index is 1.89. The van der Waals surface area contributed by atoms with Crippen molar-refractivity contribution in [2.45, 2.75) is 44.2 Å². The lowest BCUT2D eigenvalue weighted by atomic mass is 10.1. The van der Waals surface area contributed by atoms with Crippen molar-refractivity contribution in [3.05, 3.63) is 79.6 Å². The van der Waals surface area contributed by atoms with E-state index in [9.17, 15) is 26.8 Å². The van der Waals surface area contributed by atoms with Gasteiger partial charge in [0.05, 0.1) is 16.7 Å². The Morgan fingerprint density at radius 3 is 2.29 bits per heavy atom. The largest absolute Gasteiger partial charge is 0.485 e. The quantitative estimate of drug-likeness (QED) is 0.411. The van der Waals surface area contributed by atoms with Crippen molar-refractivity contribution >= 4 is 33.0 Å². The van der Waals surface area contributed by atoms with Crippen LogP contribution in [0.25, 0.3) is 0 Å². The van der Waals surface area contributed by atoms with E-state index in [1.807, 2.05) is 0 Å². The molecule has 0 aromatic heterocycles. The number of rotatable bonds is 10. The molecule has 0 saturated carbocycles. The fourth-order valence-corrected chi connectivity index (χ4v) is 5.19. The molecular formula is C23H23ClF2N2O5S. The van der Waals surface area contributed by atoms with Crippen molar-refractivity contribution in [2.75, 3.05) is 16.2 Å². The predicted molar refractivity (Wildman–Crippen MR) is 127 cm³/mol. The topological polar surface area (TPSA) is 92.8 Å². The fraction of sp³-hybridized carbons (Fsp3) is 0.304. The molecule has 11 heteroatoms. The first-order valence-electron chi connectivity index (χ1n) is 10.4. The highest BCUT2D eigenvalue weighted by atomic mass is 35.5. The van der Waals surface area contributed by atoms with Crippen LogP contribution in [-0.4, -0.2) is 27.1 Å². The van der Waals surface area contributed by atoms with Crippen molar-refractivity contribution < 1.29 is 21.9 Å². The molecule has 0 bridgehead atoms. The molecule has 34 heavy (non-hydrogen) atoms. The highest BCUT2D eigenvalue weighted by molar-refractivity contribution is 7.92. The zero-order valence-corrected chi connectivity index (χ0v) is 20.2. The maximum atomic E-state index is 14.7. The van der Waals surface area contributed by atoms with Gasteiger partial charge in [-0.25, -0.2) is 17.2 Å². The minimum Gasteiger partial charge on any atom is -0.485 e. The molecular weight excluding hydrogens is 490 g/mol. The smallest absolute Gasteiger partial charge is 0.272 e. The van der Waals surface area contributed by atoms with Crippen molar-refractivity contribution in [3.8, 4) is 5.75 Å². The molecule has 0 saturated heterocycles. The molecule has 1 N–H and O–H groups in total. The van der Waals surface area contributed by atoms with Crippen molar-refractivity contribution in [3.63, 3.8) is 0 Å². The number of hydrogen-bond acceptors (Lipinski definition) is 6. The van der Waals surface area contributed by atoms with Crippen LogP contribution in [0.2, 0.25) is 5.02 Å². The van der Waals surface area contributed by atoms with Crippen LogP contribution < -0.4 is 25.2 Å². The summed E-state index contributed by atoms with van der Waals surface area (Å²) < 4.78 is 61.6. The van der Waals surface area contributed by atoms with Crippen LogP contribution >= 0.6 is 11.6 Å². The van der Waals surface area contributed by atoms with E-state index >= 15 is 0 Å². The average molecular weight is 513 g/mol. The molecule has 182 valence electrons. The first kappa shape index (κ1) is 25.6. The number of anilines is 2. The van der Waals surface area contributed by atoms with Crippen LogP contribution in [0, 0.1) is 11.6 Å². The second-order valence-corrected chi connectivity index (χ2v) is 10.2. The maximum absolute atomic E-state index is 14.7. The second kappa shape index (κ2) is 10.1. The molecule has 0 spiro atoms. The molecule has 0 amide bonds. The summed E-state index contributed by atoms with van der Waals surface area (Å²) >= 11 is 5.86. The highest BCUT2D eigenvalue weighted by Crippen LogP contribution is 2.31. The molecule has 7 nitrogen and oxygen atoms in total. The van der Waals surface area contributed by atoms with Crippen LogP contribution in [0.4, 0.5) is 20.2 Å². The van der Waals surface area contributed by atoms with E-state index in [0.29, 0.717) is 5.02 Å². The Labute approximate surface area is 200 Å². The third kappa shape index (κ3) is 5.23. The van der Waals surface area contributed by atoms with Gasteiger partial charge in [0.2, 0.25) is 0 Å². The van der Waals surface area contributed by atoms with E-state index in [1.165, 1.54) is 31.2 Å². The third-order valence-corrected chi connectivity index (χ3v) is 7.19. The van der Waals surface area contributed by atoms with Gasteiger partial charge in [-0.1, -0.05) is 11.6 Å². The lowest BCUT2D eigenvalue weighted by Gasteiger charge is -2.31. The Kier molecular flexibility index (Phi) is 7.62. The van der Waals surface area contributed by atoms with Crippen molar-refractivity contribution in [1.82, 2.24) is 0 Å². The van der Waals surface area contributed by atoms with E-state index in [1.54, 1.807) is 13.8 Å². The standard InChI is InChI=1S/C23H23ClF2N2O5S/c1-13(2)33-23-20(21(29)22(23)30)27-11-10-14(3)28(19-12-16(25)6-9-18(19)26)34(31,32)17-7-4-15(24)5-8-17/h4-9,12-14,27H,10-11H2,1-3H3. The summed E-state index contributed by atoms with van der Waals surface area (Å²) in [6.07, 6.45) is -0.235. The van der Waals surface area contributed by atoms with Gasteiger partial charge in [-0.15, -0.1) is 0 Å². The van der Waals surface area contributed by atoms with Crippen LogP contribution in [0.3, 0.4) is 0 Å². The molecule has 0 heterocycles. The van der Waals surface area contributed by atoms with Gasteiger partial charge in [0.15, 0.2) is 5.75 Å². The molecule has 1 atom stereocenters. The van der Waals surface area contributed by atoms with Gasteiger partial charge in [0.1, 0.15) is 17.3 Å². The minimum absolute atomic E-state index is 0.00921. The third-order valence-electron chi connectivity index (χ3n) is 5.00. The van der Waals surface area contributed by atoms with Gasteiger partial charge in [-0.05, 0) is 63.6 Å². The molecule has 0 aliphatic rings. The highest BCUT2D eigenvalue weighted by Gasteiger charge is 2.32. The lowest BCUT2D eigenvalue weighted by Crippen LogP contribution is -2.41. The first-order valence-corrected chi connectivity index (χ1v) is 12.2. The molecule has 1 unspecified atom stereocenters. The molecule has 3 aromatic carbocycles. The zero-order valence-electron chi connectivity index (χ0n) is 18.6. The molecule has 0 aliphatic heterocycles. The average Bonchev–Trinajstić information content (AvgIpc) is 2.77. The summed E-state index contributed by atoms with van der Waals surface area (Å²) in [7, 11) is -4.32. The summed E-state index contributed by atoms with van der Waals surface area (Å²) in [4.78, 5) is 23.5. The summed E-state index contributed by atoms with van der Waals surface area (Å²) in [6.45, 7) is 4.99. The van der Waals surface area contributed by atoms with Crippen LogP contribution in [0.1, 0.15) is 27.2 Å². The summed E-state index contributed by atoms with van der Waals surface area (Å²) in [5, 5.41) is 3.11. The fourth-order valence-electron chi connectivity index (χ4n) is 3.38. The summed E-state index contributed by atoms with van der Waals surface area (Å²) in [5.41, 5.74) is -1.92. The maximum Gasteiger partial charge on any atom is 0.272 e. The van der Waals surface area contributed by atoms with Gasteiger partial charge in [0, 0.05) is 23.7 Å². The number of halogens is 3. The molecule has 0 radical (unpaired) electrons. The predicted octanol–water partition coefficient (Wildman–Crippen LogP) is 4.09. The Morgan fingerprint density at radius 2 is 1.68 bits per heavy atom. The first-order chi connectivity index (χ1) is 15.9. The molecule has 3 aromatic rings. The van der Waals surface area contributed by atoms with Gasteiger partial charge in [-0.3, -0.25) is 13.9 Å². The molecule has 0 aliphatic carbocycles. The van der Waals surface area contributed by atoms with E-state index in [0.717, 1.165) is 22.5 Å². The monoisotopic (exact) mass is 512 g/mol. The normalized spacial score (nSPS) is 12.7. The van der Waals surface area contributed by atoms with Crippen LogP contribution in [0.5, 0.6) is 5.75 Å². The van der Waals surface area contributed by atoms with Crippen LogP contribution in [0.15, 0.2) is 56.9 Å². The van der Waals surface area contributed by atoms with Gasteiger partial charge in [-0.2, -0.15) is 0 Å². The van der Waals surface area contributed by atoms with Crippen molar-refractivity contribution in [1.29, 1.82) is 0 Å². The Hall–Kier alpha value is -2.98. The van der Waals surface area contributed by atoms with E-state index in [2.05, 4.69) is 5.32 Å². The molecule has 0 fully saturated rings. The number of benzene rings is 2. The second-order valence-electron chi connectivity index (χ2n) is 7.94. The van der Waals surface area contributed by atoms with Gasteiger partial charge in [0.25, 0.3) is 20.9 Å². The molecule has 3 rings (SSSR count). The van der Waals surface area contributed by atoms with Crippen LogP contribution in [-0.2, 0) is 10.0 Å². The zero-order chi connectivity index (χ0) is 25.2. The summed E-state index contributed by atoms with van der Waals surface area (Å²) in [6, 6.07) is 6.96. The number of hydrogen-bond donors (Lipinski definition) is 1. The van der Waals surface area contributed by atoms with E-state index in [4.69, 9.17) is 16.3 Å². The Bertz CT molecular complexity index is 1350. The lowest BCUT2D eigenvalue weighted by molar-refractivity contribution is 0.238. The van der Waals surface area contributed by atoms with E-state index in [-0.39, 0.29) is 35.4 Å². The minimum atomic E-state index is -4.32. The van der Waals surface area contributed by atoms with Crippen molar-refractivity contribution in [2.24, 2.45) is 0 Å². The number of sulfonamides is 1. The SMILES string of the molecule is CC(C)Oc1c(NCCC(C)N(c2cc(F)ccc2F)S(=O)(=O)c2ccc(Cl)cc2)c(=O)c1=O. The number of nitrogens with zero attached hydrogens (tertiary/aromatic N) is 1.